The van der Waals surface area contributed by atoms with Crippen LogP contribution in [0.1, 0.15) is 17.3 Å². The van der Waals surface area contributed by atoms with Crippen LogP contribution in [0.2, 0.25) is 0 Å². The molecule has 2 rings (SSSR count). The summed E-state index contributed by atoms with van der Waals surface area (Å²) < 4.78 is 31.9. The Hall–Kier alpha value is -2.57. The molecular formula is C14H11F2NO4. The summed E-state index contributed by atoms with van der Waals surface area (Å²) >= 11 is 0. The average Bonchev–Trinajstić information content (AvgIpc) is 2.73. The Labute approximate surface area is 118 Å². The molecule has 7 heteroatoms. The summed E-state index contributed by atoms with van der Waals surface area (Å²) in [6, 6.07) is 1.63. The fraction of sp³-hybridized carbons (Fsp3) is 0.214. The summed E-state index contributed by atoms with van der Waals surface area (Å²) in [6.07, 6.45) is 1.30. The van der Waals surface area contributed by atoms with Crippen LogP contribution in [0.4, 0.5) is 14.5 Å². The highest BCUT2D eigenvalue weighted by molar-refractivity contribution is 6.52. The number of halogens is 2. The number of nitrogens with zero attached hydrogens (tertiary/aromatic N) is 1. The molecule has 0 saturated heterocycles. The standard InChI is InChI=1S/C14H11F2NO4/c1-7(14(20)21-2)5-6-17-11-9(16)4-3-8(15)10(11)12(18)13(17)19/h3-5H,6H2,1-2H3/b7-5+. The first-order valence-electron chi connectivity index (χ1n) is 5.97. The minimum absolute atomic E-state index is 0.183. The summed E-state index contributed by atoms with van der Waals surface area (Å²) in [5.74, 6) is -4.60. The number of ether oxygens (including phenoxy) is 1. The molecule has 1 aromatic rings. The smallest absolute Gasteiger partial charge is 0.333 e. The van der Waals surface area contributed by atoms with Crippen LogP contribution in [0.5, 0.6) is 0 Å². The Bertz CT molecular complexity index is 682. The Morgan fingerprint density at radius 2 is 1.90 bits per heavy atom. The van der Waals surface area contributed by atoms with Crippen molar-refractivity contribution < 1.29 is 27.9 Å². The molecule has 0 saturated carbocycles. The van der Waals surface area contributed by atoms with Crippen molar-refractivity contribution in [1.29, 1.82) is 0 Å². The van der Waals surface area contributed by atoms with E-state index >= 15 is 0 Å². The van der Waals surface area contributed by atoms with Crippen LogP contribution in [-0.4, -0.2) is 31.3 Å². The monoisotopic (exact) mass is 295 g/mol. The largest absolute Gasteiger partial charge is 0.466 e. The molecular weight excluding hydrogens is 284 g/mol. The number of esters is 1. The predicted molar refractivity (Wildman–Crippen MR) is 68.8 cm³/mol. The lowest BCUT2D eigenvalue weighted by Gasteiger charge is -2.15. The van der Waals surface area contributed by atoms with E-state index in [4.69, 9.17) is 0 Å². The van der Waals surface area contributed by atoms with E-state index in [0.717, 1.165) is 17.0 Å². The zero-order valence-corrected chi connectivity index (χ0v) is 11.3. The molecule has 0 spiro atoms. The van der Waals surface area contributed by atoms with Crippen molar-refractivity contribution in [2.24, 2.45) is 0 Å². The van der Waals surface area contributed by atoms with Gasteiger partial charge in [-0.1, -0.05) is 6.08 Å². The van der Waals surface area contributed by atoms with E-state index in [9.17, 15) is 23.2 Å². The van der Waals surface area contributed by atoms with Crippen LogP contribution in [0.3, 0.4) is 0 Å². The zero-order chi connectivity index (χ0) is 15.7. The maximum atomic E-state index is 13.8. The first-order valence-corrected chi connectivity index (χ1v) is 5.97. The molecule has 0 radical (unpaired) electrons. The molecule has 1 aromatic carbocycles. The lowest BCUT2D eigenvalue weighted by Crippen LogP contribution is -2.30. The first kappa shape index (κ1) is 14.8. The molecule has 0 aliphatic carbocycles. The fourth-order valence-electron chi connectivity index (χ4n) is 2.00. The van der Waals surface area contributed by atoms with Gasteiger partial charge >= 0.3 is 5.97 Å². The van der Waals surface area contributed by atoms with Crippen LogP contribution >= 0.6 is 0 Å². The number of anilines is 1. The third-order valence-corrected chi connectivity index (χ3v) is 3.10. The number of hydrogen-bond donors (Lipinski definition) is 0. The predicted octanol–water partition coefficient (Wildman–Crippen LogP) is 1.61. The van der Waals surface area contributed by atoms with E-state index < -0.39 is 40.5 Å². The van der Waals surface area contributed by atoms with Crippen molar-refractivity contribution in [2.45, 2.75) is 6.92 Å². The second-order valence-electron chi connectivity index (χ2n) is 4.38. The molecule has 1 aliphatic heterocycles. The minimum atomic E-state index is -1.11. The fourth-order valence-corrected chi connectivity index (χ4v) is 2.00. The van der Waals surface area contributed by atoms with Crippen molar-refractivity contribution in [1.82, 2.24) is 0 Å². The first-order chi connectivity index (χ1) is 9.88. The normalized spacial score (nSPS) is 14.5. The van der Waals surface area contributed by atoms with Gasteiger partial charge in [0.05, 0.1) is 18.4 Å². The number of carbonyl (C=O) groups excluding carboxylic acids is 3. The van der Waals surface area contributed by atoms with Gasteiger partial charge in [0.15, 0.2) is 0 Å². The van der Waals surface area contributed by atoms with Crippen LogP contribution in [0.15, 0.2) is 23.8 Å². The van der Waals surface area contributed by atoms with Crippen molar-refractivity contribution in [3.63, 3.8) is 0 Å². The van der Waals surface area contributed by atoms with Gasteiger partial charge in [-0.2, -0.15) is 0 Å². The van der Waals surface area contributed by atoms with Gasteiger partial charge in [0.1, 0.15) is 11.6 Å². The Morgan fingerprint density at radius 1 is 1.29 bits per heavy atom. The molecule has 0 atom stereocenters. The van der Waals surface area contributed by atoms with Gasteiger partial charge in [-0.25, -0.2) is 13.6 Å². The molecule has 5 nitrogen and oxygen atoms in total. The van der Waals surface area contributed by atoms with E-state index in [1.807, 2.05) is 0 Å². The second kappa shape index (κ2) is 5.43. The van der Waals surface area contributed by atoms with Gasteiger partial charge < -0.3 is 4.74 Å². The summed E-state index contributed by atoms with van der Waals surface area (Å²) in [7, 11) is 1.19. The third-order valence-electron chi connectivity index (χ3n) is 3.10. The number of fused-ring (bicyclic) bond motifs is 1. The summed E-state index contributed by atoms with van der Waals surface area (Å²) in [4.78, 5) is 35.5. The van der Waals surface area contributed by atoms with Gasteiger partial charge in [-0.15, -0.1) is 0 Å². The highest BCUT2D eigenvalue weighted by Crippen LogP contribution is 2.33. The number of hydrogen-bond acceptors (Lipinski definition) is 4. The Morgan fingerprint density at radius 3 is 2.52 bits per heavy atom. The van der Waals surface area contributed by atoms with Gasteiger partial charge in [-0.3, -0.25) is 14.5 Å². The topological polar surface area (TPSA) is 63.7 Å². The number of ketones is 1. The molecule has 0 fully saturated rings. The SMILES string of the molecule is COC(=O)/C(C)=C/CN1C(=O)C(=O)c2c(F)ccc(F)c21. The molecule has 1 aliphatic rings. The highest BCUT2D eigenvalue weighted by Gasteiger charge is 2.40. The number of Topliss-reactive ketones (excluding diaryl/α,β-unsaturated/α-hetero) is 1. The number of benzene rings is 1. The summed E-state index contributed by atoms with van der Waals surface area (Å²) in [5, 5.41) is 0. The van der Waals surface area contributed by atoms with Gasteiger partial charge in [-0.05, 0) is 19.1 Å². The van der Waals surface area contributed by atoms with Crippen molar-refractivity contribution in [3.8, 4) is 0 Å². The van der Waals surface area contributed by atoms with Gasteiger partial charge in [0, 0.05) is 12.1 Å². The molecule has 1 amide bonds. The number of carbonyl (C=O) groups is 3. The van der Waals surface area contributed by atoms with E-state index in [1.54, 1.807) is 0 Å². The number of methoxy groups -OCH3 is 1. The van der Waals surface area contributed by atoms with Crippen molar-refractivity contribution in [3.05, 3.63) is 41.0 Å². The molecule has 0 aromatic heterocycles. The van der Waals surface area contributed by atoms with E-state index in [-0.39, 0.29) is 12.1 Å². The lowest BCUT2D eigenvalue weighted by molar-refractivity contribution is -0.136. The maximum Gasteiger partial charge on any atom is 0.333 e. The molecule has 110 valence electrons. The van der Waals surface area contributed by atoms with E-state index in [0.29, 0.717) is 0 Å². The number of rotatable bonds is 3. The summed E-state index contributed by atoms with van der Waals surface area (Å²) in [5.41, 5.74) is -0.800. The number of amides is 1. The van der Waals surface area contributed by atoms with Crippen LogP contribution < -0.4 is 4.90 Å². The maximum absolute atomic E-state index is 13.8. The molecule has 21 heavy (non-hydrogen) atoms. The zero-order valence-electron chi connectivity index (χ0n) is 11.3. The van der Waals surface area contributed by atoms with Gasteiger partial charge in [0.2, 0.25) is 0 Å². The molecule has 0 unspecified atom stereocenters. The molecule has 0 bridgehead atoms. The average molecular weight is 295 g/mol. The Kier molecular flexibility index (Phi) is 3.84. The van der Waals surface area contributed by atoms with Crippen LogP contribution in [0.25, 0.3) is 0 Å². The summed E-state index contributed by atoms with van der Waals surface area (Å²) in [6.45, 7) is 1.20. The quantitative estimate of drug-likeness (QED) is 0.483. The van der Waals surface area contributed by atoms with Crippen LogP contribution in [0, 0.1) is 11.6 Å². The molecule has 1 heterocycles. The van der Waals surface area contributed by atoms with Crippen molar-refractivity contribution >= 4 is 23.3 Å². The van der Waals surface area contributed by atoms with E-state index in [2.05, 4.69) is 4.74 Å². The molecule has 0 N–H and O–H groups in total. The highest BCUT2D eigenvalue weighted by atomic mass is 19.1. The van der Waals surface area contributed by atoms with Crippen molar-refractivity contribution in [2.75, 3.05) is 18.6 Å². The second-order valence-corrected chi connectivity index (χ2v) is 4.38. The Balaban J connectivity index is 2.40. The van der Waals surface area contributed by atoms with Crippen LogP contribution in [-0.2, 0) is 14.3 Å². The third kappa shape index (κ3) is 2.42. The van der Waals surface area contributed by atoms with Gasteiger partial charge in [0.25, 0.3) is 11.7 Å². The minimum Gasteiger partial charge on any atom is -0.466 e. The van der Waals surface area contributed by atoms with E-state index in [1.165, 1.54) is 20.1 Å². The lowest BCUT2D eigenvalue weighted by atomic mass is 10.1.